The van der Waals surface area contributed by atoms with Gasteiger partial charge in [-0.25, -0.2) is 4.79 Å². The fourth-order valence-corrected chi connectivity index (χ4v) is 2.21. The molecule has 0 saturated carbocycles. The van der Waals surface area contributed by atoms with Gasteiger partial charge in [-0.15, -0.1) is 0 Å². The van der Waals surface area contributed by atoms with Crippen LogP contribution in [0.5, 0.6) is 11.5 Å². The number of nitrogens with zero attached hydrogens (tertiary/aromatic N) is 1. The molecule has 3 aromatic rings. The van der Waals surface area contributed by atoms with Crippen molar-refractivity contribution in [3.05, 3.63) is 77.2 Å². The lowest BCUT2D eigenvalue weighted by Gasteiger charge is -2.07. The fourth-order valence-electron chi connectivity index (χ4n) is 2.21. The predicted octanol–water partition coefficient (Wildman–Crippen LogP) is 4.09. The smallest absolute Gasteiger partial charge is 0.343 e. The van der Waals surface area contributed by atoms with Gasteiger partial charge in [0.05, 0.1) is 16.8 Å². The molecule has 24 heavy (non-hydrogen) atoms. The Morgan fingerprint density at radius 1 is 1.00 bits per heavy atom. The van der Waals surface area contributed by atoms with Gasteiger partial charge in [-0.05, 0) is 50.2 Å². The first-order chi connectivity index (χ1) is 11.6. The summed E-state index contributed by atoms with van der Waals surface area (Å²) < 4.78 is 16.1. The molecular formula is C19H17NO4. The minimum Gasteiger partial charge on any atom is -0.489 e. The highest BCUT2D eigenvalue weighted by molar-refractivity contribution is 5.91. The molecule has 0 atom stereocenters. The van der Waals surface area contributed by atoms with Crippen LogP contribution in [0.1, 0.15) is 27.4 Å². The minimum absolute atomic E-state index is 0.370. The van der Waals surface area contributed by atoms with E-state index in [0.29, 0.717) is 23.7 Å². The number of hydrogen-bond acceptors (Lipinski definition) is 5. The highest BCUT2D eigenvalue weighted by Crippen LogP contribution is 2.19. The molecule has 1 heterocycles. The summed E-state index contributed by atoms with van der Waals surface area (Å²) in [4.78, 5) is 12.1. The van der Waals surface area contributed by atoms with Crippen molar-refractivity contribution in [3.8, 4) is 11.5 Å². The van der Waals surface area contributed by atoms with Gasteiger partial charge in [0.1, 0.15) is 23.9 Å². The number of hydrogen-bond donors (Lipinski definition) is 0. The van der Waals surface area contributed by atoms with Crippen molar-refractivity contribution in [2.75, 3.05) is 0 Å². The van der Waals surface area contributed by atoms with Crippen LogP contribution in [0.4, 0.5) is 0 Å². The summed E-state index contributed by atoms with van der Waals surface area (Å²) in [5, 5.41) is 3.89. The highest BCUT2D eigenvalue weighted by Gasteiger charge is 2.11. The summed E-state index contributed by atoms with van der Waals surface area (Å²) in [6.45, 7) is 4.09. The van der Waals surface area contributed by atoms with Gasteiger partial charge in [-0.1, -0.05) is 23.4 Å². The molecule has 3 rings (SSSR count). The Labute approximate surface area is 139 Å². The van der Waals surface area contributed by atoms with E-state index >= 15 is 0 Å². The topological polar surface area (TPSA) is 61.6 Å². The first-order valence-electron chi connectivity index (χ1n) is 7.55. The van der Waals surface area contributed by atoms with Gasteiger partial charge in [0.2, 0.25) is 0 Å². The summed E-state index contributed by atoms with van der Waals surface area (Å²) in [7, 11) is 0. The van der Waals surface area contributed by atoms with Crippen LogP contribution in [0.25, 0.3) is 0 Å². The van der Waals surface area contributed by atoms with E-state index in [1.807, 2.05) is 32.0 Å². The number of ether oxygens (including phenoxy) is 2. The van der Waals surface area contributed by atoms with Crippen molar-refractivity contribution in [3.63, 3.8) is 0 Å². The van der Waals surface area contributed by atoms with Crippen LogP contribution in [0.2, 0.25) is 0 Å². The largest absolute Gasteiger partial charge is 0.489 e. The maximum atomic E-state index is 12.1. The van der Waals surface area contributed by atoms with Crippen LogP contribution in [0.3, 0.4) is 0 Å². The number of esters is 1. The Kier molecular flexibility index (Phi) is 4.61. The van der Waals surface area contributed by atoms with Crippen molar-refractivity contribution < 1.29 is 18.8 Å². The van der Waals surface area contributed by atoms with Crippen molar-refractivity contribution in [2.24, 2.45) is 0 Å². The second-order valence-corrected chi connectivity index (χ2v) is 5.32. The van der Waals surface area contributed by atoms with Crippen LogP contribution in [-0.4, -0.2) is 11.1 Å². The first-order valence-corrected chi connectivity index (χ1v) is 7.55. The van der Waals surface area contributed by atoms with E-state index in [1.165, 1.54) is 0 Å². The summed E-state index contributed by atoms with van der Waals surface area (Å²) in [6, 6.07) is 15.8. The number of aromatic nitrogens is 1. The molecule has 0 bridgehead atoms. The van der Waals surface area contributed by atoms with E-state index in [0.717, 1.165) is 17.0 Å². The molecule has 0 aliphatic carbocycles. The SMILES string of the molecule is Cc1noc(C)c1COc1ccc(C(=O)Oc2ccccc2)cc1. The number of carbonyl (C=O) groups excluding carboxylic acids is 1. The lowest BCUT2D eigenvalue weighted by Crippen LogP contribution is -2.08. The number of rotatable bonds is 5. The zero-order valence-corrected chi connectivity index (χ0v) is 13.5. The lowest BCUT2D eigenvalue weighted by molar-refractivity contribution is 0.0734. The van der Waals surface area contributed by atoms with Crippen LogP contribution in [-0.2, 0) is 6.61 Å². The highest BCUT2D eigenvalue weighted by atomic mass is 16.5. The van der Waals surface area contributed by atoms with Gasteiger partial charge in [0.15, 0.2) is 0 Å². The molecular weight excluding hydrogens is 306 g/mol. The third-order valence-corrected chi connectivity index (χ3v) is 3.61. The molecule has 0 aliphatic rings. The molecule has 0 radical (unpaired) electrons. The standard InChI is InChI=1S/C19H17NO4/c1-13-18(14(2)24-20-13)12-22-16-10-8-15(9-11-16)19(21)23-17-6-4-3-5-7-17/h3-11H,12H2,1-2H3. The molecule has 0 fully saturated rings. The molecule has 5 nitrogen and oxygen atoms in total. The molecule has 5 heteroatoms. The first kappa shape index (κ1) is 15.8. The number of para-hydroxylation sites is 1. The van der Waals surface area contributed by atoms with E-state index in [-0.39, 0.29) is 0 Å². The second-order valence-electron chi connectivity index (χ2n) is 5.32. The van der Waals surface area contributed by atoms with Gasteiger partial charge in [-0.2, -0.15) is 0 Å². The Morgan fingerprint density at radius 2 is 1.71 bits per heavy atom. The van der Waals surface area contributed by atoms with Crippen molar-refractivity contribution >= 4 is 5.97 Å². The van der Waals surface area contributed by atoms with Crippen molar-refractivity contribution in [1.82, 2.24) is 5.16 Å². The molecule has 0 N–H and O–H groups in total. The quantitative estimate of drug-likeness (QED) is 0.523. The predicted molar refractivity (Wildman–Crippen MR) is 88.2 cm³/mol. The average Bonchev–Trinajstić information content (AvgIpc) is 2.92. The lowest BCUT2D eigenvalue weighted by atomic mass is 10.2. The average molecular weight is 323 g/mol. The van der Waals surface area contributed by atoms with Crippen LogP contribution in [0, 0.1) is 13.8 Å². The van der Waals surface area contributed by atoms with E-state index in [1.54, 1.807) is 36.4 Å². The molecule has 0 amide bonds. The summed E-state index contributed by atoms with van der Waals surface area (Å²) in [6.07, 6.45) is 0. The zero-order valence-electron chi connectivity index (χ0n) is 13.5. The Morgan fingerprint density at radius 3 is 2.33 bits per heavy atom. The molecule has 122 valence electrons. The van der Waals surface area contributed by atoms with Gasteiger partial charge in [0.25, 0.3) is 0 Å². The van der Waals surface area contributed by atoms with E-state index < -0.39 is 5.97 Å². The van der Waals surface area contributed by atoms with Gasteiger partial charge < -0.3 is 14.0 Å². The monoisotopic (exact) mass is 323 g/mol. The zero-order chi connectivity index (χ0) is 16.9. The third kappa shape index (κ3) is 3.63. The number of benzene rings is 2. The normalized spacial score (nSPS) is 10.4. The summed E-state index contributed by atoms with van der Waals surface area (Å²) >= 11 is 0. The van der Waals surface area contributed by atoms with Crippen LogP contribution >= 0.6 is 0 Å². The number of carbonyl (C=O) groups is 1. The van der Waals surface area contributed by atoms with Gasteiger partial charge in [0, 0.05) is 0 Å². The molecule has 0 spiro atoms. The molecule has 0 unspecified atom stereocenters. The number of aryl methyl sites for hydroxylation is 2. The van der Waals surface area contributed by atoms with Crippen molar-refractivity contribution in [1.29, 1.82) is 0 Å². The van der Waals surface area contributed by atoms with Crippen LogP contribution < -0.4 is 9.47 Å². The summed E-state index contributed by atoms with van der Waals surface area (Å²) in [5.74, 6) is 1.52. The Balaban J connectivity index is 1.62. The Hall–Kier alpha value is -3.08. The summed E-state index contributed by atoms with van der Waals surface area (Å²) in [5.41, 5.74) is 2.21. The second kappa shape index (κ2) is 7.00. The van der Waals surface area contributed by atoms with Gasteiger partial charge in [-0.3, -0.25) is 0 Å². The maximum absolute atomic E-state index is 12.1. The minimum atomic E-state index is -0.404. The molecule has 0 saturated heterocycles. The third-order valence-electron chi connectivity index (χ3n) is 3.61. The van der Waals surface area contributed by atoms with Gasteiger partial charge >= 0.3 is 5.97 Å². The fraction of sp³-hybridized carbons (Fsp3) is 0.158. The van der Waals surface area contributed by atoms with E-state index in [9.17, 15) is 4.79 Å². The Bertz CT molecular complexity index is 803. The maximum Gasteiger partial charge on any atom is 0.343 e. The molecule has 1 aromatic heterocycles. The van der Waals surface area contributed by atoms with E-state index in [4.69, 9.17) is 14.0 Å². The molecule has 0 aliphatic heterocycles. The van der Waals surface area contributed by atoms with Crippen molar-refractivity contribution in [2.45, 2.75) is 20.5 Å². The van der Waals surface area contributed by atoms with E-state index in [2.05, 4.69) is 5.16 Å². The molecule has 2 aromatic carbocycles. The van der Waals surface area contributed by atoms with Crippen LogP contribution in [0.15, 0.2) is 59.1 Å².